The van der Waals surface area contributed by atoms with Crippen LogP contribution < -0.4 is 11.1 Å². The van der Waals surface area contributed by atoms with Crippen molar-refractivity contribution in [2.45, 2.75) is 39.8 Å². The second-order valence-corrected chi connectivity index (χ2v) is 3.17. The van der Waals surface area contributed by atoms with Gasteiger partial charge in [0.05, 0.1) is 6.04 Å². The van der Waals surface area contributed by atoms with Gasteiger partial charge in [-0.1, -0.05) is 6.92 Å². The molecule has 1 aromatic rings. The minimum absolute atomic E-state index is 0.0187. The summed E-state index contributed by atoms with van der Waals surface area (Å²) in [6.45, 7) is 7.84. The van der Waals surface area contributed by atoms with E-state index in [-0.39, 0.29) is 6.04 Å². The van der Waals surface area contributed by atoms with E-state index < -0.39 is 0 Å². The van der Waals surface area contributed by atoms with Crippen molar-refractivity contribution in [3.8, 4) is 0 Å². The van der Waals surface area contributed by atoms with E-state index in [9.17, 15) is 0 Å². The highest BCUT2D eigenvalue weighted by atomic mass is 15.4. The first kappa shape index (κ1) is 11.0. The molecule has 0 saturated carbocycles. The van der Waals surface area contributed by atoms with Gasteiger partial charge >= 0.3 is 0 Å². The Labute approximate surface area is 84.7 Å². The second-order valence-electron chi connectivity index (χ2n) is 3.17. The zero-order valence-electron chi connectivity index (χ0n) is 9.12. The average molecular weight is 197 g/mol. The molecule has 1 heterocycles. The van der Waals surface area contributed by atoms with Crippen molar-refractivity contribution in [1.29, 1.82) is 0 Å². The lowest BCUT2D eigenvalue weighted by Crippen LogP contribution is -2.16. The molecule has 14 heavy (non-hydrogen) atoms. The molecule has 5 nitrogen and oxygen atoms in total. The molecule has 0 aromatic carbocycles. The van der Waals surface area contributed by atoms with Gasteiger partial charge in [-0.3, -0.25) is 4.57 Å². The first-order valence-electron chi connectivity index (χ1n) is 5.17. The van der Waals surface area contributed by atoms with Gasteiger partial charge in [0.1, 0.15) is 0 Å². The third-order valence-electron chi connectivity index (χ3n) is 2.20. The van der Waals surface area contributed by atoms with Crippen molar-refractivity contribution in [3.05, 3.63) is 5.82 Å². The van der Waals surface area contributed by atoms with Gasteiger partial charge in [0.25, 0.3) is 0 Å². The van der Waals surface area contributed by atoms with Gasteiger partial charge < -0.3 is 11.1 Å². The molecule has 0 aliphatic rings. The molecular weight excluding hydrogens is 178 g/mol. The summed E-state index contributed by atoms with van der Waals surface area (Å²) < 4.78 is 2.03. The van der Waals surface area contributed by atoms with Crippen LogP contribution in [0.25, 0.3) is 0 Å². The molecule has 1 unspecified atom stereocenters. The Morgan fingerprint density at radius 1 is 1.36 bits per heavy atom. The molecule has 1 rings (SSSR count). The highest BCUT2D eigenvalue weighted by Crippen LogP contribution is 2.15. The summed E-state index contributed by atoms with van der Waals surface area (Å²) in [6.07, 6.45) is 0.879. The average Bonchev–Trinajstić information content (AvgIpc) is 2.60. The van der Waals surface area contributed by atoms with Crippen LogP contribution in [0, 0.1) is 0 Å². The number of aromatic nitrogens is 3. The molecule has 1 atom stereocenters. The Balaban J connectivity index is 2.94. The van der Waals surface area contributed by atoms with Crippen molar-refractivity contribution in [3.63, 3.8) is 0 Å². The summed E-state index contributed by atoms with van der Waals surface area (Å²) in [5, 5.41) is 11.3. The number of hydrogen-bond acceptors (Lipinski definition) is 4. The van der Waals surface area contributed by atoms with Gasteiger partial charge in [-0.2, -0.15) is 0 Å². The normalized spacial score (nSPS) is 12.9. The Kier molecular flexibility index (Phi) is 3.88. The standard InChI is InChI=1S/C9H19N5/c1-4-7(10)8-12-13-9(11-5-2)14(8)6-3/h7H,4-6,10H2,1-3H3,(H,11,13). The van der Waals surface area contributed by atoms with Crippen LogP contribution in [0.15, 0.2) is 0 Å². The number of anilines is 1. The lowest BCUT2D eigenvalue weighted by atomic mass is 10.2. The third-order valence-corrected chi connectivity index (χ3v) is 2.20. The van der Waals surface area contributed by atoms with Crippen LogP contribution in [0.2, 0.25) is 0 Å². The van der Waals surface area contributed by atoms with E-state index in [2.05, 4.69) is 22.4 Å². The Bertz CT molecular complexity index is 281. The number of hydrogen-bond donors (Lipinski definition) is 2. The maximum absolute atomic E-state index is 5.93. The van der Waals surface area contributed by atoms with Crippen molar-refractivity contribution in [2.24, 2.45) is 5.73 Å². The molecule has 0 aliphatic carbocycles. The van der Waals surface area contributed by atoms with Gasteiger partial charge in [-0.25, -0.2) is 0 Å². The second kappa shape index (κ2) is 4.95. The topological polar surface area (TPSA) is 68.8 Å². The highest BCUT2D eigenvalue weighted by molar-refractivity contribution is 5.26. The van der Waals surface area contributed by atoms with Gasteiger partial charge in [0.15, 0.2) is 5.82 Å². The van der Waals surface area contributed by atoms with Gasteiger partial charge in [-0.15, -0.1) is 10.2 Å². The summed E-state index contributed by atoms with van der Waals surface area (Å²) in [6, 6.07) is -0.0187. The van der Waals surface area contributed by atoms with Crippen molar-refractivity contribution in [1.82, 2.24) is 14.8 Å². The van der Waals surface area contributed by atoms with Crippen LogP contribution in [0.4, 0.5) is 5.95 Å². The predicted octanol–water partition coefficient (Wildman–Crippen LogP) is 1.14. The van der Waals surface area contributed by atoms with Gasteiger partial charge in [0, 0.05) is 13.1 Å². The first-order valence-corrected chi connectivity index (χ1v) is 5.17. The minimum Gasteiger partial charge on any atom is -0.355 e. The maximum Gasteiger partial charge on any atom is 0.224 e. The highest BCUT2D eigenvalue weighted by Gasteiger charge is 2.14. The maximum atomic E-state index is 5.93. The fourth-order valence-electron chi connectivity index (χ4n) is 1.37. The van der Waals surface area contributed by atoms with Crippen molar-refractivity contribution in [2.75, 3.05) is 11.9 Å². The molecule has 5 heteroatoms. The largest absolute Gasteiger partial charge is 0.355 e. The van der Waals surface area contributed by atoms with Crippen LogP contribution in [0.5, 0.6) is 0 Å². The third kappa shape index (κ3) is 2.04. The van der Waals surface area contributed by atoms with Crippen LogP contribution in [-0.2, 0) is 6.54 Å². The summed E-state index contributed by atoms with van der Waals surface area (Å²) in [7, 11) is 0. The summed E-state index contributed by atoms with van der Waals surface area (Å²) in [5.41, 5.74) is 5.93. The summed E-state index contributed by atoms with van der Waals surface area (Å²) >= 11 is 0. The molecule has 0 saturated heterocycles. The SMILES string of the molecule is CCNc1nnc(C(N)CC)n1CC. The fraction of sp³-hybridized carbons (Fsp3) is 0.778. The molecule has 0 aliphatic heterocycles. The molecule has 80 valence electrons. The molecule has 1 aromatic heterocycles. The number of nitrogens with one attached hydrogen (secondary N) is 1. The van der Waals surface area contributed by atoms with E-state index in [1.165, 1.54) is 0 Å². The van der Waals surface area contributed by atoms with E-state index in [0.29, 0.717) is 0 Å². The zero-order valence-corrected chi connectivity index (χ0v) is 9.12. The lowest BCUT2D eigenvalue weighted by Gasteiger charge is -2.11. The van der Waals surface area contributed by atoms with Crippen LogP contribution in [0.1, 0.15) is 39.1 Å². The van der Waals surface area contributed by atoms with E-state index >= 15 is 0 Å². The summed E-state index contributed by atoms with van der Waals surface area (Å²) in [4.78, 5) is 0. The van der Waals surface area contributed by atoms with Crippen molar-refractivity contribution < 1.29 is 0 Å². The molecular formula is C9H19N5. The van der Waals surface area contributed by atoms with Gasteiger partial charge in [0.2, 0.25) is 5.95 Å². The Hall–Kier alpha value is -1.10. The lowest BCUT2D eigenvalue weighted by molar-refractivity contribution is 0.590. The molecule has 0 bridgehead atoms. The van der Waals surface area contributed by atoms with E-state index in [1.54, 1.807) is 0 Å². The minimum atomic E-state index is -0.0187. The Morgan fingerprint density at radius 2 is 2.07 bits per heavy atom. The van der Waals surface area contributed by atoms with Crippen molar-refractivity contribution >= 4 is 5.95 Å². The number of rotatable bonds is 5. The first-order chi connectivity index (χ1) is 6.74. The van der Waals surface area contributed by atoms with Crippen LogP contribution >= 0.6 is 0 Å². The smallest absolute Gasteiger partial charge is 0.224 e. The van der Waals surface area contributed by atoms with Gasteiger partial charge in [-0.05, 0) is 20.3 Å². The summed E-state index contributed by atoms with van der Waals surface area (Å²) in [5.74, 6) is 1.68. The molecule has 0 fully saturated rings. The monoisotopic (exact) mass is 197 g/mol. The fourth-order valence-corrected chi connectivity index (χ4v) is 1.37. The number of nitrogens with two attached hydrogens (primary N) is 1. The van der Waals surface area contributed by atoms with Crippen LogP contribution in [0.3, 0.4) is 0 Å². The van der Waals surface area contributed by atoms with Crippen LogP contribution in [-0.4, -0.2) is 21.3 Å². The molecule has 0 amide bonds. The van der Waals surface area contributed by atoms with E-state index in [4.69, 9.17) is 5.73 Å². The molecule has 3 N–H and O–H groups in total. The zero-order chi connectivity index (χ0) is 10.6. The quantitative estimate of drug-likeness (QED) is 0.742. The molecule has 0 spiro atoms. The van der Waals surface area contributed by atoms with E-state index in [0.717, 1.165) is 31.3 Å². The predicted molar refractivity (Wildman–Crippen MR) is 57.1 cm³/mol. The molecule has 0 radical (unpaired) electrons. The van der Waals surface area contributed by atoms with E-state index in [1.807, 2.05) is 18.4 Å². The Morgan fingerprint density at radius 3 is 2.57 bits per heavy atom. The number of nitrogens with zero attached hydrogens (tertiary/aromatic N) is 3.